The maximum Gasteiger partial charge on any atom is 0.131 e. The van der Waals surface area contributed by atoms with Crippen LogP contribution >= 0.6 is 0 Å². The minimum Gasteiger partial charge on any atom is -0.395 e. The Bertz CT molecular complexity index is 416. The van der Waals surface area contributed by atoms with E-state index in [9.17, 15) is 5.11 Å². The van der Waals surface area contributed by atoms with E-state index in [0.29, 0.717) is 18.6 Å². The molecule has 2 N–H and O–H groups in total. The lowest BCUT2D eigenvalue weighted by Crippen LogP contribution is -2.38. The van der Waals surface area contributed by atoms with Gasteiger partial charge in [0.05, 0.1) is 6.61 Å². The number of hydrogen-bond donors (Lipinski definition) is 2. The normalized spacial score (nSPS) is 11.4. The maximum atomic E-state index is 9.35. The van der Waals surface area contributed by atoms with Crippen LogP contribution in [0.1, 0.15) is 51.7 Å². The fourth-order valence-corrected chi connectivity index (χ4v) is 2.64. The van der Waals surface area contributed by atoms with Gasteiger partial charge in [-0.15, -0.1) is 0 Å². The van der Waals surface area contributed by atoms with Crippen LogP contribution in [0.3, 0.4) is 0 Å². The minimum absolute atomic E-state index is 0.161. The zero-order valence-electron chi connectivity index (χ0n) is 14.2. The Balaban J connectivity index is 2.93. The van der Waals surface area contributed by atoms with Crippen molar-refractivity contribution in [1.82, 2.24) is 10.3 Å². The van der Waals surface area contributed by atoms with Gasteiger partial charge in [-0.1, -0.05) is 27.7 Å². The van der Waals surface area contributed by atoms with Crippen LogP contribution < -0.4 is 10.2 Å². The van der Waals surface area contributed by atoms with Crippen LogP contribution in [0.4, 0.5) is 5.82 Å². The van der Waals surface area contributed by atoms with Gasteiger partial charge in [0.2, 0.25) is 0 Å². The van der Waals surface area contributed by atoms with E-state index in [2.05, 4.69) is 55.9 Å². The molecule has 4 nitrogen and oxygen atoms in total. The quantitative estimate of drug-likeness (QED) is 0.735. The Labute approximate surface area is 129 Å². The van der Waals surface area contributed by atoms with Crippen LogP contribution in [0.2, 0.25) is 0 Å². The van der Waals surface area contributed by atoms with Crippen LogP contribution in [0.15, 0.2) is 12.3 Å². The molecule has 1 aromatic rings. The highest BCUT2D eigenvalue weighted by Gasteiger charge is 2.18. The topological polar surface area (TPSA) is 48.4 Å². The van der Waals surface area contributed by atoms with Crippen molar-refractivity contribution in [2.45, 2.75) is 66.1 Å². The molecule has 1 heterocycles. The minimum atomic E-state index is 0.161. The first-order chi connectivity index (χ1) is 10.0. The molecule has 0 amide bonds. The van der Waals surface area contributed by atoms with Gasteiger partial charge in [-0.2, -0.15) is 0 Å². The SMILES string of the molecule is CCC(CC)N(CCO)c1ncc(CNC(C)C)cc1C. The number of anilines is 1. The van der Waals surface area contributed by atoms with Gasteiger partial charge in [-0.3, -0.25) is 0 Å². The van der Waals surface area contributed by atoms with Crippen molar-refractivity contribution in [2.24, 2.45) is 0 Å². The molecule has 0 bridgehead atoms. The van der Waals surface area contributed by atoms with Crippen LogP contribution in [0.5, 0.6) is 0 Å². The Kier molecular flexibility index (Phi) is 7.68. The summed E-state index contributed by atoms with van der Waals surface area (Å²) >= 11 is 0. The van der Waals surface area contributed by atoms with Gasteiger partial charge < -0.3 is 15.3 Å². The van der Waals surface area contributed by atoms with E-state index in [1.165, 1.54) is 11.1 Å². The lowest BCUT2D eigenvalue weighted by Gasteiger charge is -2.32. The summed E-state index contributed by atoms with van der Waals surface area (Å²) in [5.41, 5.74) is 2.39. The van der Waals surface area contributed by atoms with Gasteiger partial charge in [-0.05, 0) is 37.0 Å². The van der Waals surface area contributed by atoms with Crippen molar-refractivity contribution < 1.29 is 5.11 Å². The Morgan fingerprint density at radius 2 is 1.95 bits per heavy atom. The van der Waals surface area contributed by atoms with E-state index in [1.54, 1.807) is 0 Å². The average Bonchev–Trinajstić information content (AvgIpc) is 2.46. The van der Waals surface area contributed by atoms with Gasteiger partial charge in [0.15, 0.2) is 0 Å². The highest BCUT2D eigenvalue weighted by molar-refractivity contribution is 5.48. The third-order valence-corrected chi connectivity index (χ3v) is 3.82. The van der Waals surface area contributed by atoms with Crippen molar-refractivity contribution in [1.29, 1.82) is 0 Å². The Hall–Kier alpha value is -1.13. The van der Waals surface area contributed by atoms with Gasteiger partial charge >= 0.3 is 0 Å². The van der Waals surface area contributed by atoms with Crippen molar-refractivity contribution >= 4 is 5.82 Å². The van der Waals surface area contributed by atoms with Crippen LogP contribution in [0.25, 0.3) is 0 Å². The maximum absolute atomic E-state index is 9.35. The van der Waals surface area contributed by atoms with Gasteiger partial charge in [0.1, 0.15) is 5.82 Å². The summed E-state index contributed by atoms with van der Waals surface area (Å²) in [6.07, 6.45) is 4.08. The number of rotatable bonds is 9. The number of aliphatic hydroxyl groups excluding tert-OH is 1. The summed E-state index contributed by atoms with van der Waals surface area (Å²) in [5.74, 6) is 1.01. The molecule has 1 aromatic heterocycles. The second-order valence-corrected chi connectivity index (χ2v) is 5.91. The Morgan fingerprint density at radius 1 is 1.29 bits per heavy atom. The molecule has 0 saturated carbocycles. The predicted molar refractivity (Wildman–Crippen MR) is 89.8 cm³/mol. The van der Waals surface area contributed by atoms with E-state index in [0.717, 1.165) is 25.2 Å². The molecular weight excluding hydrogens is 262 g/mol. The molecule has 0 atom stereocenters. The first kappa shape index (κ1) is 17.9. The van der Waals surface area contributed by atoms with Crippen LogP contribution in [-0.4, -0.2) is 35.3 Å². The van der Waals surface area contributed by atoms with Crippen LogP contribution in [-0.2, 0) is 6.54 Å². The van der Waals surface area contributed by atoms with E-state index in [4.69, 9.17) is 0 Å². The second-order valence-electron chi connectivity index (χ2n) is 5.91. The number of aryl methyl sites for hydroxylation is 1. The summed E-state index contributed by atoms with van der Waals surface area (Å²) in [4.78, 5) is 6.91. The smallest absolute Gasteiger partial charge is 0.131 e. The lowest BCUT2D eigenvalue weighted by molar-refractivity contribution is 0.295. The molecule has 0 aromatic carbocycles. The first-order valence-electron chi connectivity index (χ1n) is 8.09. The molecule has 0 aliphatic carbocycles. The molecule has 0 saturated heterocycles. The molecule has 120 valence electrons. The zero-order valence-corrected chi connectivity index (χ0v) is 14.2. The van der Waals surface area contributed by atoms with E-state index in [-0.39, 0.29) is 6.61 Å². The molecule has 21 heavy (non-hydrogen) atoms. The van der Waals surface area contributed by atoms with Crippen molar-refractivity contribution in [2.75, 3.05) is 18.1 Å². The fourth-order valence-electron chi connectivity index (χ4n) is 2.64. The first-order valence-corrected chi connectivity index (χ1v) is 8.09. The highest BCUT2D eigenvalue weighted by Crippen LogP contribution is 2.22. The third kappa shape index (κ3) is 5.29. The molecule has 0 spiro atoms. The van der Waals surface area contributed by atoms with Crippen molar-refractivity contribution in [3.63, 3.8) is 0 Å². The lowest BCUT2D eigenvalue weighted by atomic mass is 10.1. The highest BCUT2D eigenvalue weighted by atomic mass is 16.3. The summed E-state index contributed by atoms with van der Waals surface area (Å²) in [5, 5.41) is 12.8. The van der Waals surface area contributed by atoms with Crippen molar-refractivity contribution in [3.05, 3.63) is 23.4 Å². The second kappa shape index (κ2) is 9.00. The molecule has 4 heteroatoms. The third-order valence-electron chi connectivity index (χ3n) is 3.82. The predicted octanol–water partition coefficient (Wildman–Crippen LogP) is 2.88. The van der Waals surface area contributed by atoms with Gasteiger partial charge in [0.25, 0.3) is 0 Å². The van der Waals surface area contributed by atoms with Gasteiger partial charge in [-0.25, -0.2) is 4.98 Å². The summed E-state index contributed by atoms with van der Waals surface area (Å²) < 4.78 is 0. The summed E-state index contributed by atoms with van der Waals surface area (Å²) in [7, 11) is 0. The average molecular weight is 293 g/mol. The summed E-state index contributed by atoms with van der Waals surface area (Å²) in [6.45, 7) is 12.4. The number of hydrogen-bond acceptors (Lipinski definition) is 4. The van der Waals surface area contributed by atoms with E-state index in [1.807, 2.05) is 6.20 Å². The monoisotopic (exact) mass is 293 g/mol. The molecule has 0 fully saturated rings. The number of aromatic nitrogens is 1. The van der Waals surface area contributed by atoms with Crippen molar-refractivity contribution in [3.8, 4) is 0 Å². The zero-order chi connectivity index (χ0) is 15.8. The number of aliphatic hydroxyl groups is 1. The Morgan fingerprint density at radius 3 is 2.43 bits per heavy atom. The van der Waals surface area contributed by atoms with Gasteiger partial charge in [0, 0.05) is 31.4 Å². The number of nitrogens with zero attached hydrogens (tertiary/aromatic N) is 2. The van der Waals surface area contributed by atoms with E-state index >= 15 is 0 Å². The fraction of sp³-hybridized carbons (Fsp3) is 0.706. The largest absolute Gasteiger partial charge is 0.395 e. The summed E-state index contributed by atoms with van der Waals surface area (Å²) in [6, 6.07) is 3.10. The molecule has 0 aliphatic heterocycles. The molecule has 0 unspecified atom stereocenters. The standard InChI is InChI=1S/C17H31N3O/c1-6-16(7-2)20(8-9-21)17-14(5)10-15(12-19-17)11-18-13(3)4/h10,12-13,16,18,21H,6-9,11H2,1-5H3. The number of nitrogens with one attached hydrogen (secondary N) is 1. The van der Waals surface area contributed by atoms with Crippen LogP contribution in [0, 0.1) is 6.92 Å². The van der Waals surface area contributed by atoms with E-state index < -0.39 is 0 Å². The molecular formula is C17H31N3O. The molecule has 1 rings (SSSR count). The molecule has 0 aliphatic rings. The number of pyridine rings is 1. The molecule has 0 radical (unpaired) electrons.